The van der Waals surface area contributed by atoms with Crippen LogP contribution in [0.15, 0.2) is 0 Å². The summed E-state index contributed by atoms with van der Waals surface area (Å²) < 4.78 is 10.7. The molecule has 1 aliphatic heterocycles. The molecular weight excluding hydrogens is 516 g/mol. The fourth-order valence-corrected chi connectivity index (χ4v) is 5.04. The fraction of sp³-hybridized carbons (Fsp3) is 0.867. The molecule has 10 nitrogen and oxygen atoms in total. The first-order chi connectivity index (χ1) is 18.7. The van der Waals surface area contributed by atoms with E-state index in [2.05, 4.69) is 24.5 Å². The molecule has 0 saturated carbocycles. The first-order valence-electron chi connectivity index (χ1n) is 14.9. The molecule has 0 aromatic heterocycles. The van der Waals surface area contributed by atoms with Gasteiger partial charge < -0.3 is 30.3 Å². The molecule has 0 radical (unpaired) electrons. The number of rotatable bonds is 18. The maximum atomic E-state index is 13.2. The number of aliphatic hydroxyl groups is 2. The molecule has 0 aliphatic carbocycles. The van der Waals surface area contributed by atoms with Crippen molar-refractivity contribution in [3.8, 4) is 0 Å². The predicted molar refractivity (Wildman–Crippen MR) is 152 cm³/mol. The minimum Gasteiger partial charge on any atom is -0.390 e. The van der Waals surface area contributed by atoms with Crippen LogP contribution in [-0.2, 0) is 28.7 Å². The van der Waals surface area contributed by atoms with Gasteiger partial charge in [0.2, 0.25) is 5.91 Å². The Bertz CT molecular complexity index is 814. The molecule has 0 aromatic carbocycles. The van der Waals surface area contributed by atoms with Crippen LogP contribution in [0.1, 0.15) is 93.4 Å². The van der Waals surface area contributed by atoms with Gasteiger partial charge in [0.25, 0.3) is 5.91 Å². The smallest absolute Gasteiger partial charge is 0.252 e. The van der Waals surface area contributed by atoms with Crippen molar-refractivity contribution in [2.75, 3.05) is 13.7 Å². The third-order valence-corrected chi connectivity index (χ3v) is 7.61. The number of aliphatic hydroxyl groups excluding tert-OH is 2. The minimum absolute atomic E-state index is 0.00981. The van der Waals surface area contributed by atoms with E-state index in [0.717, 1.165) is 12.8 Å². The van der Waals surface area contributed by atoms with Crippen molar-refractivity contribution >= 4 is 23.4 Å². The Kier molecular flexibility index (Phi) is 16.1. The van der Waals surface area contributed by atoms with Crippen molar-refractivity contribution in [1.29, 1.82) is 0 Å². The van der Waals surface area contributed by atoms with Crippen molar-refractivity contribution in [2.24, 2.45) is 29.6 Å². The zero-order chi connectivity index (χ0) is 30.6. The van der Waals surface area contributed by atoms with E-state index in [1.807, 2.05) is 27.7 Å². The number of unbranched alkanes of at least 4 members (excludes halogenated alkanes) is 1. The molecule has 0 bridgehead atoms. The summed E-state index contributed by atoms with van der Waals surface area (Å²) in [5.74, 6) is -1.58. The van der Waals surface area contributed by atoms with Gasteiger partial charge in [-0.1, -0.05) is 61.3 Å². The van der Waals surface area contributed by atoms with Gasteiger partial charge in [0.1, 0.15) is 11.9 Å². The van der Waals surface area contributed by atoms with Gasteiger partial charge in [-0.15, -0.1) is 0 Å². The molecule has 1 unspecified atom stereocenters. The first kappa shape index (κ1) is 36.1. The lowest BCUT2D eigenvalue weighted by molar-refractivity contribution is -0.263. The summed E-state index contributed by atoms with van der Waals surface area (Å²) in [7, 11) is 1.41. The molecule has 10 heteroatoms. The van der Waals surface area contributed by atoms with Crippen LogP contribution in [0.4, 0.5) is 0 Å². The molecule has 2 amide bonds. The summed E-state index contributed by atoms with van der Waals surface area (Å²) in [6, 6.07) is -0.635. The van der Waals surface area contributed by atoms with Crippen LogP contribution in [-0.4, -0.2) is 77.9 Å². The Morgan fingerprint density at radius 1 is 0.925 bits per heavy atom. The molecule has 0 aromatic rings. The quantitative estimate of drug-likeness (QED) is 0.184. The lowest BCUT2D eigenvalue weighted by Crippen LogP contribution is -2.59. The third kappa shape index (κ3) is 11.5. The third-order valence-electron chi connectivity index (χ3n) is 7.61. The van der Waals surface area contributed by atoms with Crippen molar-refractivity contribution in [2.45, 2.75) is 124 Å². The molecule has 1 heterocycles. The SMILES string of the molecule is CO[C@@H]1OC(C(=O)NCCCC[C@H](CC(=O)[C@@H](NC(=O)CCCC(C)C)C(C)C)C(=O)C(C)C)[C@@H](O)[C@H](O)[C@H]1C. The number of carbonyl (C=O) groups excluding carboxylic acids is 4. The number of hydrogen-bond donors (Lipinski definition) is 4. The summed E-state index contributed by atoms with van der Waals surface area (Å²) in [6.07, 6.45) is -0.802. The van der Waals surface area contributed by atoms with Crippen LogP contribution in [0.25, 0.3) is 0 Å². The molecule has 232 valence electrons. The zero-order valence-electron chi connectivity index (χ0n) is 25.8. The number of carbonyl (C=O) groups is 4. The fourth-order valence-electron chi connectivity index (χ4n) is 5.04. The molecule has 1 aliphatic rings. The highest BCUT2D eigenvalue weighted by atomic mass is 16.7. The summed E-state index contributed by atoms with van der Waals surface area (Å²) in [6.45, 7) is 13.6. The molecule has 1 saturated heterocycles. The number of Topliss-reactive ketones (excluding diaryl/α,β-unsaturated/α-hetero) is 2. The highest BCUT2D eigenvalue weighted by molar-refractivity contribution is 5.93. The van der Waals surface area contributed by atoms with E-state index in [9.17, 15) is 29.4 Å². The number of amides is 2. The lowest BCUT2D eigenvalue weighted by atomic mass is 9.84. The highest BCUT2D eigenvalue weighted by Gasteiger charge is 2.45. The van der Waals surface area contributed by atoms with Crippen LogP contribution in [0.2, 0.25) is 0 Å². The highest BCUT2D eigenvalue weighted by Crippen LogP contribution is 2.26. The average molecular weight is 571 g/mol. The van der Waals surface area contributed by atoms with Gasteiger partial charge in [-0.2, -0.15) is 0 Å². The van der Waals surface area contributed by atoms with Crippen LogP contribution < -0.4 is 10.6 Å². The van der Waals surface area contributed by atoms with Gasteiger partial charge in [-0.25, -0.2) is 0 Å². The van der Waals surface area contributed by atoms with Gasteiger partial charge in [0, 0.05) is 44.2 Å². The Labute approximate surface area is 240 Å². The molecule has 0 spiro atoms. The summed E-state index contributed by atoms with van der Waals surface area (Å²) >= 11 is 0. The number of nitrogens with one attached hydrogen (secondary N) is 2. The van der Waals surface area contributed by atoms with Crippen LogP contribution >= 0.6 is 0 Å². The van der Waals surface area contributed by atoms with E-state index in [1.165, 1.54) is 7.11 Å². The molecule has 1 rings (SSSR count). The Hall–Kier alpha value is -1.88. The van der Waals surface area contributed by atoms with Gasteiger partial charge in [0.05, 0.1) is 12.1 Å². The van der Waals surface area contributed by atoms with Crippen molar-refractivity contribution < 1.29 is 38.9 Å². The molecule has 40 heavy (non-hydrogen) atoms. The second kappa shape index (κ2) is 17.8. The normalized spacial score (nSPS) is 24.7. The molecule has 4 N–H and O–H groups in total. The first-order valence-corrected chi connectivity index (χ1v) is 14.9. The predicted octanol–water partition coefficient (Wildman–Crippen LogP) is 2.77. The Morgan fingerprint density at radius 3 is 2.12 bits per heavy atom. The largest absolute Gasteiger partial charge is 0.390 e. The van der Waals surface area contributed by atoms with Crippen LogP contribution in [0.3, 0.4) is 0 Å². The number of hydrogen-bond acceptors (Lipinski definition) is 8. The second-order valence-corrected chi connectivity index (χ2v) is 12.3. The minimum atomic E-state index is -1.37. The molecule has 7 atom stereocenters. The number of ether oxygens (including phenoxy) is 2. The molecule has 1 fully saturated rings. The maximum Gasteiger partial charge on any atom is 0.252 e. The van der Waals surface area contributed by atoms with E-state index in [0.29, 0.717) is 31.6 Å². The van der Waals surface area contributed by atoms with E-state index in [4.69, 9.17) is 9.47 Å². The standard InChI is InChI=1S/C30H54N2O8/c1-17(2)12-11-14-23(34)32-24(18(3)4)22(33)16-21(25(35)19(5)6)13-9-10-15-31-29(38)28-27(37)26(36)20(7)30(39-8)40-28/h17-21,24,26-28,30,36-37H,9-16H2,1-8H3,(H,31,38)(H,32,34)/t20-,21-,24+,26-,27+,28?,30-/m1/s1. The summed E-state index contributed by atoms with van der Waals surface area (Å²) in [5, 5.41) is 26.1. The summed E-state index contributed by atoms with van der Waals surface area (Å²) in [5.41, 5.74) is 0. The zero-order valence-corrected chi connectivity index (χ0v) is 25.8. The van der Waals surface area contributed by atoms with Gasteiger partial charge >= 0.3 is 0 Å². The summed E-state index contributed by atoms with van der Waals surface area (Å²) in [4.78, 5) is 51.2. The van der Waals surface area contributed by atoms with E-state index in [-0.39, 0.29) is 42.3 Å². The number of ketones is 2. The Morgan fingerprint density at radius 2 is 1.57 bits per heavy atom. The lowest BCUT2D eigenvalue weighted by Gasteiger charge is -2.39. The second-order valence-electron chi connectivity index (χ2n) is 12.3. The Balaban J connectivity index is 2.65. The van der Waals surface area contributed by atoms with Crippen molar-refractivity contribution in [1.82, 2.24) is 10.6 Å². The number of methoxy groups -OCH3 is 1. The van der Waals surface area contributed by atoms with E-state index < -0.39 is 48.4 Å². The van der Waals surface area contributed by atoms with Gasteiger partial charge in [-0.3, -0.25) is 19.2 Å². The topological polar surface area (TPSA) is 151 Å². The average Bonchev–Trinajstić information content (AvgIpc) is 2.88. The van der Waals surface area contributed by atoms with Crippen LogP contribution in [0.5, 0.6) is 0 Å². The van der Waals surface area contributed by atoms with Crippen molar-refractivity contribution in [3.05, 3.63) is 0 Å². The monoisotopic (exact) mass is 570 g/mol. The maximum absolute atomic E-state index is 13.2. The van der Waals surface area contributed by atoms with Gasteiger partial charge in [0.15, 0.2) is 18.2 Å². The molecular formula is C30H54N2O8. The van der Waals surface area contributed by atoms with E-state index in [1.54, 1.807) is 6.92 Å². The van der Waals surface area contributed by atoms with Crippen LogP contribution in [0, 0.1) is 29.6 Å². The van der Waals surface area contributed by atoms with Gasteiger partial charge in [-0.05, 0) is 31.1 Å². The van der Waals surface area contributed by atoms with Crippen molar-refractivity contribution in [3.63, 3.8) is 0 Å². The van der Waals surface area contributed by atoms with E-state index >= 15 is 0 Å².